The molecule has 0 radical (unpaired) electrons. The number of furan rings is 1. The lowest BCUT2D eigenvalue weighted by molar-refractivity contribution is 0.663. The Kier molecular flexibility index (Phi) is 7.46. The average Bonchev–Trinajstić information content (AvgIpc) is 3.60. The molecule has 0 spiro atoms. The second-order valence-corrected chi connectivity index (χ2v) is 14.0. The lowest BCUT2D eigenvalue weighted by Crippen LogP contribution is -2.34. The van der Waals surface area contributed by atoms with Gasteiger partial charge in [-0.15, -0.1) is 0 Å². The van der Waals surface area contributed by atoms with Crippen molar-refractivity contribution < 1.29 is 4.42 Å². The topological polar surface area (TPSA) is 16.4 Å². The van der Waals surface area contributed by atoms with Gasteiger partial charge in [-0.25, -0.2) is 0 Å². The summed E-state index contributed by atoms with van der Waals surface area (Å²) in [7, 11) is 0. The van der Waals surface area contributed by atoms with E-state index in [-0.39, 0.29) is 6.04 Å². The van der Waals surface area contributed by atoms with Crippen molar-refractivity contribution in [3.63, 3.8) is 0 Å². The number of benzene rings is 7. The number of fused-ring (bicyclic) bond motifs is 5. The summed E-state index contributed by atoms with van der Waals surface area (Å²) in [6.07, 6.45) is 16.0. The van der Waals surface area contributed by atoms with Gasteiger partial charge in [0.15, 0.2) is 5.58 Å². The maximum absolute atomic E-state index is 7.05. The van der Waals surface area contributed by atoms with Gasteiger partial charge in [-0.2, -0.15) is 0 Å². The van der Waals surface area contributed by atoms with Gasteiger partial charge < -0.3 is 9.32 Å². The quantitative estimate of drug-likeness (QED) is 0.175. The SMILES string of the molecule is C1=CC(N(C2=CCC(c3ccccc3)C=C2)c2c3ccccc3cc3c2oc2cccc(-c4ccc5ccccc5c4)c23)CC=C1c1ccccc1. The fraction of sp³-hybridized carbons (Fsp3) is 0.0800. The number of allylic oxidation sites excluding steroid dienone is 5. The van der Waals surface area contributed by atoms with Gasteiger partial charge in [0.25, 0.3) is 0 Å². The van der Waals surface area contributed by atoms with E-state index in [0.29, 0.717) is 5.92 Å². The highest BCUT2D eigenvalue weighted by Gasteiger charge is 2.29. The largest absolute Gasteiger partial charge is 0.454 e. The fourth-order valence-corrected chi connectivity index (χ4v) is 8.31. The summed E-state index contributed by atoms with van der Waals surface area (Å²) < 4.78 is 7.05. The summed E-state index contributed by atoms with van der Waals surface area (Å²) in [5.74, 6) is 0.349. The summed E-state index contributed by atoms with van der Waals surface area (Å²) in [5, 5.41) is 7.16. The highest BCUT2D eigenvalue weighted by atomic mass is 16.3. The molecular formula is C50H37NO. The summed E-state index contributed by atoms with van der Waals surface area (Å²) >= 11 is 0. The maximum atomic E-state index is 7.05. The molecular weight excluding hydrogens is 631 g/mol. The number of nitrogens with zero attached hydrogens (tertiary/aromatic N) is 1. The molecule has 0 saturated heterocycles. The molecule has 0 aliphatic heterocycles. The van der Waals surface area contributed by atoms with Crippen molar-refractivity contribution in [2.45, 2.75) is 24.8 Å². The van der Waals surface area contributed by atoms with Gasteiger partial charge in [-0.3, -0.25) is 0 Å². The molecule has 0 fully saturated rings. The van der Waals surface area contributed by atoms with E-state index in [4.69, 9.17) is 4.42 Å². The molecule has 2 nitrogen and oxygen atoms in total. The van der Waals surface area contributed by atoms with Crippen molar-refractivity contribution in [3.05, 3.63) is 205 Å². The van der Waals surface area contributed by atoms with Crippen LogP contribution >= 0.6 is 0 Å². The normalized spacial score (nSPS) is 17.2. The van der Waals surface area contributed by atoms with Gasteiger partial charge in [-0.1, -0.05) is 164 Å². The second kappa shape index (κ2) is 12.7. The first-order valence-electron chi connectivity index (χ1n) is 18.3. The molecule has 2 aliphatic carbocycles. The second-order valence-electron chi connectivity index (χ2n) is 14.0. The Morgan fingerprint density at radius 3 is 2.10 bits per heavy atom. The van der Waals surface area contributed by atoms with Crippen LogP contribution in [0.5, 0.6) is 0 Å². The zero-order valence-corrected chi connectivity index (χ0v) is 28.8. The van der Waals surface area contributed by atoms with Gasteiger partial charge >= 0.3 is 0 Å². The van der Waals surface area contributed by atoms with Crippen LogP contribution in [0.15, 0.2) is 198 Å². The molecule has 0 amide bonds. The third-order valence-electron chi connectivity index (χ3n) is 10.9. The van der Waals surface area contributed by atoms with Gasteiger partial charge in [0.1, 0.15) is 5.58 Å². The van der Waals surface area contributed by atoms with Crippen molar-refractivity contribution in [2.75, 3.05) is 4.90 Å². The molecule has 2 heteroatoms. The van der Waals surface area contributed by atoms with Gasteiger partial charge in [0.2, 0.25) is 0 Å². The minimum absolute atomic E-state index is 0.0961. The number of rotatable bonds is 6. The van der Waals surface area contributed by atoms with E-state index in [9.17, 15) is 0 Å². The van der Waals surface area contributed by atoms with E-state index in [0.717, 1.165) is 40.5 Å². The Balaban J connectivity index is 1.17. The van der Waals surface area contributed by atoms with Crippen LogP contribution in [-0.4, -0.2) is 6.04 Å². The van der Waals surface area contributed by atoms with Crippen LogP contribution in [0.1, 0.15) is 29.9 Å². The van der Waals surface area contributed by atoms with Gasteiger partial charge in [-0.05, 0) is 81.1 Å². The van der Waals surface area contributed by atoms with E-state index in [1.807, 2.05) is 0 Å². The zero-order chi connectivity index (χ0) is 34.4. The lowest BCUT2D eigenvalue weighted by atomic mass is 9.90. The first-order valence-corrected chi connectivity index (χ1v) is 18.3. The average molecular weight is 668 g/mol. The Morgan fingerprint density at radius 2 is 1.31 bits per heavy atom. The van der Waals surface area contributed by atoms with Crippen LogP contribution in [0.25, 0.3) is 60.2 Å². The van der Waals surface area contributed by atoms with Crippen LogP contribution in [0.4, 0.5) is 5.69 Å². The van der Waals surface area contributed by atoms with Crippen molar-refractivity contribution in [3.8, 4) is 11.1 Å². The summed E-state index contributed by atoms with van der Waals surface area (Å²) in [4.78, 5) is 2.55. The molecule has 0 saturated carbocycles. The molecule has 10 rings (SSSR count). The molecule has 1 heterocycles. The first-order chi connectivity index (χ1) is 25.8. The highest BCUT2D eigenvalue weighted by Crippen LogP contribution is 2.47. The Hall–Kier alpha value is -6.38. The minimum Gasteiger partial charge on any atom is -0.454 e. The highest BCUT2D eigenvalue weighted by molar-refractivity contribution is 6.21. The predicted octanol–water partition coefficient (Wildman–Crippen LogP) is 13.4. The summed E-state index contributed by atoms with van der Waals surface area (Å²) in [6.45, 7) is 0. The molecule has 0 bridgehead atoms. The number of anilines is 1. The van der Waals surface area contributed by atoms with Gasteiger partial charge in [0, 0.05) is 27.8 Å². The molecule has 2 atom stereocenters. The van der Waals surface area contributed by atoms with Gasteiger partial charge in [0.05, 0.1) is 11.7 Å². The van der Waals surface area contributed by atoms with Crippen LogP contribution in [0.2, 0.25) is 0 Å². The minimum atomic E-state index is 0.0961. The van der Waals surface area contributed by atoms with Crippen molar-refractivity contribution in [1.29, 1.82) is 0 Å². The Labute approximate surface area is 303 Å². The van der Waals surface area contributed by atoms with Crippen LogP contribution in [0.3, 0.4) is 0 Å². The van der Waals surface area contributed by atoms with E-state index >= 15 is 0 Å². The molecule has 52 heavy (non-hydrogen) atoms. The summed E-state index contributed by atoms with van der Waals surface area (Å²) in [5.41, 5.74) is 10.4. The lowest BCUT2D eigenvalue weighted by Gasteiger charge is -2.36. The molecule has 0 N–H and O–H groups in total. The smallest absolute Gasteiger partial charge is 0.159 e. The Bertz CT molecular complexity index is 2750. The molecule has 2 aliphatic rings. The van der Waals surface area contributed by atoms with Crippen molar-refractivity contribution in [1.82, 2.24) is 0 Å². The molecule has 2 unspecified atom stereocenters. The summed E-state index contributed by atoms with van der Waals surface area (Å²) in [6, 6.07) is 54.6. The fourth-order valence-electron chi connectivity index (χ4n) is 8.31. The number of hydrogen-bond donors (Lipinski definition) is 0. The van der Waals surface area contributed by atoms with E-state index in [1.54, 1.807) is 0 Å². The molecule has 248 valence electrons. The first kappa shape index (κ1) is 30.4. The Morgan fingerprint density at radius 1 is 0.538 bits per heavy atom. The van der Waals surface area contributed by atoms with E-state index in [1.165, 1.54) is 55.1 Å². The maximum Gasteiger partial charge on any atom is 0.159 e. The molecule has 7 aromatic carbocycles. The monoisotopic (exact) mass is 667 g/mol. The van der Waals surface area contributed by atoms with Crippen LogP contribution < -0.4 is 4.90 Å². The van der Waals surface area contributed by atoms with Crippen molar-refractivity contribution >= 4 is 54.7 Å². The number of hydrogen-bond acceptors (Lipinski definition) is 2. The molecule has 1 aromatic heterocycles. The third kappa shape index (κ3) is 5.27. The zero-order valence-electron chi connectivity index (χ0n) is 28.8. The third-order valence-corrected chi connectivity index (χ3v) is 10.9. The standard InChI is InChI=1S/C50H37NO/c1-3-12-34(13-4-1)37-24-28-42(29-25-37)51(43-30-26-38(27-31-43)35-14-5-2-6-15-35)49-45-19-10-9-18-40(45)33-46-48-44(20-11-21-47(48)52-50(46)49)41-23-22-36-16-7-8-17-39(36)32-41/h1-26,28,30-33,38,42H,27,29H2. The van der Waals surface area contributed by atoms with Crippen LogP contribution in [-0.2, 0) is 0 Å². The predicted molar refractivity (Wildman–Crippen MR) is 220 cm³/mol. The van der Waals surface area contributed by atoms with E-state index < -0.39 is 0 Å². The van der Waals surface area contributed by atoms with Crippen LogP contribution in [0, 0.1) is 0 Å². The van der Waals surface area contributed by atoms with Crippen molar-refractivity contribution in [2.24, 2.45) is 0 Å². The van der Waals surface area contributed by atoms with E-state index in [2.05, 4.69) is 193 Å². The molecule has 8 aromatic rings.